The largest absolute Gasteiger partial charge is 0.497 e. The SMILES string of the molecule is COc1ccc(CC(=O)NC2CCC(C)(C)c3ccccc32)c(OC)c1. The molecule has 0 bridgehead atoms. The lowest BCUT2D eigenvalue weighted by atomic mass is 9.71. The molecule has 0 saturated heterocycles. The quantitative estimate of drug-likeness (QED) is 0.877. The first-order valence-corrected chi connectivity index (χ1v) is 9.04. The van der Waals surface area contributed by atoms with Gasteiger partial charge in [-0.05, 0) is 35.4 Å². The van der Waals surface area contributed by atoms with Crippen LogP contribution in [0.25, 0.3) is 0 Å². The number of ether oxygens (including phenoxy) is 2. The van der Waals surface area contributed by atoms with Gasteiger partial charge in [0.2, 0.25) is 5.91 Å². The maximum absolute atomic E-state index is 12.7. The summed E-state index contributed by atoms with van der Waals surface area (Å²) in [6.07, 6.45) is 2.30. The monoisotopic (exact) mass is 353 g/mol. The van der Waals surface area contributed by atoms with Crippen LogP contribution in [0.1, 0.15) is 49.4 Å². The predicted octanol–water partition coefficient (Wildman–Crippen LogP) is 4.18. The zero-order chi connectivity index (χ0) is 18.7. The summed E-state index contributed by atoms with van der Waals surface area (Å²) in [5, 5.41) is 3.22. The van der Waals surface area contributed by atoms with Crippen LogP contribution >= 0.6 is 0 Å². The fraction of sp³-hybridized carbons (Fsp3) is 0.409. The van der Waals surface area contributed by atoms with Crippen molar-refractivity contribution in [3.05, 3.63) is 59.2 Å². The fourth-order valence-electron chi connectivity index (χ4n) is 3.78. The lowest BCUT2D eigenvalue weighted by molar-refractivity contribution is -0.121. The van der Waals surface area contributed by atoms with Gasteiger partial charge in [-0.3, -0.25) is 4.79 Å². The Kier molecular flexibility index (Phi) is 5.21. The predicted molar refractivity (Wildman–Crippen MR) is 103 cm³/mol. The number of hydrogen-bond donors (Lipinski definition) is 1. The Bertz CT molecular complexity index is 798. The molecule has 0 spiro atoms. The molecule has 4 heteroatoms. The standard InChI is InChI=1S/C22H27NO3/c1-22(2)12-11-19(17-7-5-6-8-18(17)22)23-21(24)13-15-9-10-16(25-3)14-20(15)26-4/h5-10,14,19H,11-13H2,1-4H3,(H,23,24). The van der Waals surface area contributed by atoms with Crippen molar-refractivity contribution in [3.63, 3.8) is 0 Å². The van der Waals surface area contributed by atoms with Gasteiger partial charge in [-0.2, -0.15) is 0 Å². The minimum Gasteiger partial charge on any atom is -0.497 e. The fourth-order valence-corrected chi connectivity index (χ4v) is 3.78. The first kappa shape index (κ1) is 18.3. The zero-order valence-electron chi connectivity index (χ0n) is 16.0. The first-order valence-electron chi connectivity index (χ1n) is 9.04. The van der Waals surface area contributed by atoms with E-state index in [-0.39, 0.29) is 23.8 Å². The molecule has 0 fully saturated rings. The number of carbonyl (C=O) groups excluding carboxylic acids is 1. The summed E-state index contributed by atoms with van der Waals surface area (Å²) >= 11 is 0. The average molecular weight is 353 g/mol. The van der Waals surface area contributed by atoms with E-state index < -0.39 is 0 Å². The van der Waals surface area contributed by atoms with Crippen molar-refractivity contribution in [3.8, 4) is 11.5 Å². The van der Waals surface area contributed by atoms with Crippen molar-refractivity contribution in [1.29, 1.82) is 0 Å². The van der Waals surface area contributed by atoms with Crippen LogP contribution in [0.3, 0.4) is 0 Å². The lowest BCUT2D eigenvalue weighted by Gasteiger charge is -2.37. The van der Waals surface area contributed by atoms with E-state index in [2.05, 4.69) is 37.4 Å². The number of benzene rings is 2. The molecule has 138 valence electrons. The maximum atomic E-state index is 12.7. The van der Waals surface area contributed by atoms with E-state index in [4.69, 9.17) is 9.47 Å². The average Bonchev–Trinajstić information content (AvgIpc) is 2.64. The topological polar surface area (TPSA) is 47.6 Å². The van der Waals surface area contributed by atoms with Gasteiger partial charge in [0.1, 0.15) is 11.5 Å². The van der Waals surface area contributed by atoms with E-state index in [0.717, 1.165) is 24.2 Å². The molecule has 1 N–H and O–H groups in total. The Morgan fingerprint density at radius 1 is 1.15 bits per heavy atom. The molecule has 2 aromatic rings. The molecule has 1 aliphatic carbocycles. The van der Waals surface area contributed by atoms with Crippen LogP contribution in [0.5, 0.6) is 11.5 Å². The molecule has 1 amide bonds. The second-order valence-corrected chi connectivity index (χ2v) is 7.48. The number of rotatable bonds is 5. The van der Waals surface area contributed by atoms with Crippen LogP contribution in [0.15, 0.2) is 42.5 Å². The Hall–Kier alpha value is -2.49. The molecule has 4 nitrogen and oxygen atoms in total. The molecule has 1 aliphatic rings. The molecule has 2 aromatic carbocycles. The number of fused-ring (bicyclic) bond motifs is 1. The summed E-state index contributed by atoms with van der Waals surface area (Å²) in [5.41, 5.74) is 3.57. The molecule has 0 saturated carbocycles. The molecule has 1 atom stereocenters. The summed E-state index contributed by atoms with van der Waals surface area (Å²) in [6, 6.07) is 14.0. The Labute approximate surface area is 155 Å². The Morgan fingerprint density at radius 3 is 2.65 bits per heavy atom. The number of methoxy groups -OCH3 is 2. The molecule has 0 radical (unpaired) electrons. The number of hydrogen-bond acceptors (Lipinski definition) is 3. The molecule has 0 heterocycles. The van der Waals surface area contributed by atoms with Crippen LogP contribution < -0.4 is 14.8 Å². The summed E-state index contributed by atoms with van der Waals surface area (Å²) < 4.78 is 10.6. The summed E-state index contributed by atoms with van der Waals surface area (Å²) in [5.74, 6) is 1.40. The van der Waals surface area contributed by atoms with Crippen molar-refractivity contribution in [2.45, 2.75) is 44.6 Å². The van der Waals surface area contributed by atoms with Crippen molar-refractivity contribution < 1.29 is 14.3 Å². The maximum Gasteiger partial charge on any atom is 0.225 e. The minimum absolute atomic E-state index is 0.00739. The number of amides is 1. The van der Waals surface area contributed by atoms with Gasteiger partial charge < -0.3 is 14.8 Å². The third-order valence-corrected chi connectivity index (χ3v) is 5.30. The van der Waals surface area contributed by atoms with Gasteiger partial charge in [0.15, 0.2) is 0 Å². The highest BCUT2D eigenvalue weighted by atomic mass is 16.5. The summed E-state index contributed by atoms with van der Waals surface area (Å²) in [7, 11) is 3.22. The van der Waals surface area contributed by atoms with Gasteiger partial charge in [-0.25, -0.2) is 0 Å². The molecule has 0 aromatic heterocycles. The van der Waals surface area contributed by atoms with Crippen molar-refractivity contribution >= 4 is 5.91 Å². The smallest absolute Gasteiger partial charge is 0.225 e. The van der Waals surface area contributed by atoms with Gasteiger partial charge in [0.05, 0.1) is 26.7 Å². The highest BCUT2D eigenvalue weighted by molar-refractivity contribution is 5.80. The van der Waals surface area contributed by atoms with Gasteiger partial charge in [0, 0.05) is 11.6 Å². The van der Waals surface area contributed by atoms with Crippen molar-refractivity contribution in [2.24, 2.45) is 0 Å². The Morgan fingerprint density at radius 2 is 1.92 bits per heavy atom. The van der Waals surface area contributed by atoms with Crippen LogP contribution in [-0.4, -0.2) is 20.1 Å². The van der Waals surface area contributed by atoms with E-state index in [1.54, 1.807) is 20.3 Å². The molecule has 3 rings (SSSR count). The lowest BCUT2D eigenvalue weighted by Crippen LogP contribution is -2.36. The highest BCUT2D eigenvalue weighted by Gasteiger charge is 2.32. The second-order valence-electron chi connectivity index (χ2n) is 7.48. The van der Waals surface area contributed by atoms with Gasteiger partial charge in [0.25, 0.3) is 0 Å². The molecular formula is C22H27NO3. The van der Waals surface area contributed by atoms with Crippen LogP contribution in [0, 0.1) is 0 Å². The molecule has 0 aliphatic heterocycles. The third-order valence-electron chi connectivity index (χ3n) is 5.30. The molecule has 26 heavy (non-hydrogen) atoms. The van der Waals surface area contributed by atoms with Crippen LogP contribution in [0.4, 0.5) is 0 Å². The summed E-state index contributed by atoms with van der Waals surface area (Å²) in [6.45, 7) is 4.54. The van der Waals surface area contributed by atoms with Gasteiger partial charge >= 0.3 is 0 Å². The van der Waals surface area contributed by atoms with Crippen LogP contribution in [-0.2, 0) is 16.6 Å². The van der Waals surface area contributed by atoms with E-state index >= 15 is 0 Å². The van der Waals surface area contributed by atoms with Gasteiger partial charge in [-0.15, -0.1) is 0 Å². The normalized spacial score (nSPS) is 17.9. The van der Waals surface area contributed by atoms with Gasteiger partial charge in [-0.1, -0.05) is 44.2 Å². The minimum atomic E-state index is 0.00739. The van der Waals surface area contributed by atoms with Crippen molar-refractivity contribution in [2.75, 3.05) is 14.2 Å². The highest BCUT2D eigenvalue weighted by Crippen LogP contribution is 2.41. The van der Waals surface area contributed by atoms with E-state index in [1.165, 1.54) is 11.1 Å². The zero-order valence-corrected chi connectivity index (χ0v) is 16.0. The molecule has 1 unspecified atom stereocenters. The first-order chi connectivity index (χ1) is 12.4. The third kappa shape index (κ3) is 3.69. The van der Waals surface area contributed by atoms with E-state index in [0.29, 0.717) is 5.75 Å². The number of carbonyl (C=O) groups is 1. The van der Waals surface area contributed by atoms with Crippen molar-refractivity contribution in [1.82, 2.24) is 5.32 Å². The van der Waals surface area contributed by atoms with E-state index in [9.17, 15) is 4.79 Å². The summed E-state index contributed by atoms with van der Waals surface area (Å²) in [4.78, 5) is 12.7. The molecular weight excluding hydrogens is 326 g/mol. The Balaban J connectivity index is 1.75. The van der Waals surface area contributed by atoms with Crippen LogP contribution in [0.2, 0.25) is 0 Å². The van der Waals surface area contributed by atoms with E-state index in [1.807, 2.05) is 18.2 Å². The second kappa shape index (κ2) is 7.40. The number of nitrogens with one attached hydrogen (secondary N) is 1.